The van der Waals surface area contributed by atoms with Crippen LogP contribution in [0, 0.1) is 0 Å². The van der Waals surface area contributed by atoms with Crippen LogP contribution in [0.4, 0.5) is 4.79 Å². The van der Waals surface area contributed by atoms with Crippen molar-refractivity contribution in [3.8, 4) is 0 Å². The third kappa shape index (κ3) is 3.89. The quantitative estimate of drug-likeness (QED) is 0.742. The van der Waals surface area contributed by atoms with Gasteiger partial charge in [-0.1, -0.05) is 0 Å². The summed E-state index contributed by atoms with van der Waals surface area (Å²) in [5.74, 6) is -1.01. The van der Waals surface area contributed by atoms with Crippen LogP contribution in [0.1, 0.15) is 19.8 Å². The van der Waals surface area contributed by atoms with Gasteiger partial charge < -0.3 is 20.2 Å². The normalized spacial score (nSPS) is 22.4. The van der Waals surface area contributed by atoms with Gasteiger partial charge in [-0.3, -0.25) is 4.79 Å². The number of hydrogen-bond donors (Lipinski definition) is 2. The predicted octanol–water partition coefficient (Wildman–Crippen LogP) is 0.195. The van der Waals surface area contributed by atoms with Gasteiger partial charge in [0.25, 0.3) is 0 Å². The van der Waals surface area contributed by atoms with Crippen LogP contribution < -0.4 is 5.32 Å². The first-order chi connectivity index (χ1) is 7.91. The zero-order valence-electron chi connectivity index (χ0n) is 10.6. The van der Waals surface area contributed by atoms with Gasteiger partial charge in [-0.25, -0.2) is 4.79 Å². The monoisotopic (exact) mass is 243 g/mol. The zero-order chi connectivity index (χ0) is 13.0. The van der Waals surface area contributed by atoms with Crippen molar-refractivity contribution in [2.24, 2.45) is 0 Å². The average molecular weight is 243 g/mol. The first-order valence-electron chi connectivity index (χ1n) is 5.86. The van der Waals surface area contributed by atoms with Crippen molar-refractivity contribution in [2.45, 2.75) is 31.8 Å². The molecule has 6 nitrogen and oxygen atoms in total. The van der Waals surface area contributed by atoms with Crippen LogP contribution in [0.3, 0.4) is 0 Å². The number of carboxylic acid groups (broad SMARTS) is 1. The number of amides is 2. The van der Waals surface area contributed by atoms with Crippen LogP contribution >= 0.6 is 0 Å². The van der Waals surface area contributed by atoms with Crippen molar-refractivity contribution in [1.29, 1.82) is 0 Å². The van der Waals surface area contributed by atoms with E-state index in [2.05, 4.69) is 10.2 Å². The maximum atomic E-state index is 11.8. The van der Waals surface area contributed by atoms with Gasteiger partial charge in [0.05, 0.1) is 0 Å². The number of carbonyl (C=O) groups excluding carboxylic acids is 1. The fraction of sp³-hybridized carbons (Fsp3) is 0.818. The van der Waals surface area contributed by atoms with Gasteiger partial charge in [-0.2, -0.15) is 0 Å². The van der Waals surface area contributed by atoms with Gasteiger partial charge in [0.15, 0.2) is 0 Å². The molecule has 0 aromatic carbocycles. The highest BCUT2D eigenvalue weighted by Crippen LogP contribution is 2.13. The fourth-order valence-corrected chi connectivity index (χ4v) is 1.90. The van der Waals surface area contributed by atoms with Gasteiger partial charge in [-0.05, 0) is 33.9 Å². The van der Waals surface area contributed by atoms with E-state index in [0.29, 0.717) is 19.1 Å². The molecule has 1 heterocycles. The van der Waals surface area contributed by atoms with Crippen LogP contribution in [0.15, 0.2) is 0 Å². The Balaban J connectivity index is 2.49. The Morgan fingerprint density at radius 2 is 2.12 bits per heavy atom. The van der Waals surface area contributed by atoms with Gasteiger partial charge in [0, 0.05) is 19.1 Å². The number of nitrogens with one attached hydrogen (secondary N) is 1. The summed E-state index contributed by atoms with van der Waals surface area (Å²) in [4.78, 5) is 26.2. The number of aliphatic carboxylic acids is 1. The van der Waals surface area contributed by atoms with E-state index in [0.717, 1.165) is 12.8 Å². The number of piperidine rings is 1. The van der Waals surface area contributed by atoms with E-state index in [1.807, 2.05) is 14.1 Å². The second-order valence-electron chi connectivity index (χ2n) is 4.72. The molecule has 2 N–H and O–H groups in total. The molecule has 0 bridgehead atoms. The maximum Gasteiger partial charge on any atom is 0.325 e. The molecule has 6 heteroatoms. The van der Waals surface area contributed by atoms with Crippen molar-refractivity contribution < 1.29 is 14.7 Å². The summed E-state index contributed by atoms with van der Waals surface area (Å²) >= 11 is 0. The Kier molecular flexibility index (Phi) is 4.74. The molecule has 1 saturated heterocycles. The Morgan fingerprint density at radius 1 is 1.47 bits per heavy atom. The summed E-state index contributed by atoms with van der Waals surface area (Å²) in [6.45, 7) is 2.82. The summed E-state index contributed by atoms with van der Waals surface area (Å²) in [6.07, 6.45) is 2.03. The fourth-order valence-electron chi connectivity index (χ4n) is 1.90. The number of urea groups is 1. The predicted molar refractivity (Wildman–Crippen MR) is 63.9 cm³/mol. The topological polar surface area (TPSA) is 72.9 Å². The minimum Gasteiger partial charge on any atom is -0.480 e. The summed E-state index contributed by atoms with van der Waals surface area (Å²) in [5, 5.41) is 11.2. The van der Waals surface area contributed by atoms with Gasteiger partial charge in [0.1, 0.15) is 6.04 Å². The van der Waals surface area contributed by atoms with E-state index in [1.54, 1.807) is 4.90 Å². The molecule has 2 amide bonds. The van der Waals surface area contributed by atoms with E-state index in [-0.39, 0.29) is 6.03 Å². The highest BCUT2D eigenvalue weighted by molar-refractivity contribution is 5.82. The molecule has 1 aliphatic heterocycles. The number of carbonyl (C=O) groups is 2. The molecule has 2 atom stereocenters. The van der Waals surface area contributed by atoms with Crippen LogP contribution in [0.25, 0.3) is 0 Å². The number of likely N-dealkylation sites (tertiary alicyclic amines) is 1. The summed E-state index contributed by atoms with van der Waals surface area (Å²) in [6, 6.07) is -0.775. The Morgan fingerprint density at radius 3 is 2.65 bits per heavy atom. The maximum absolute atomic E-state index is 11.8. The van der Waals surface area contributed by atoms with E-state index < -0.39 is 12.0 Å². The molecule has 0 radical (unpaired) electrons. The molecule has 1 rings (SSSR count). The molecule has 2 unspecified atom stereocenters. The van der Waals surface area contributed by atoms with E-state index >= 15 is 0 Å². The van der Waals surface area contributed by atoms with Crippen LogP contribution in [0.2, 0.25) is 0 Å². The van der Waals surface area contributed by atoms with E-state index in [1.165, 1.54) is 6.92 Å². The standard InChI is InChI=1S/C11H21N3O3/c1-8(10(15)16)12-11(17)14-6-4-5-9(7-14)13(2)3/h8-9H,4-7H2,1-3H3,(H,12,17)(H,15,16). The first-order valence-corrected chi connectivity index (χ1v) is 5.86. The molecule has 1 fully saturated rings. The van der Waals surface area contributed by atoms with Crippen molar-refractivity contribution in [3.05, 3.63) is 0 Å². The second kappa shape index (κ2) is 5.86. The van der Waals surface area contributed by atoms with Crippen LogP contribution in [-0.2, 0) is 4.79 Å². The molecule has 0 aromatic rings. The minimum absolute atomic E-state index is 0.286. The average Bonchev–Trinajstić information content (AvgIpc) is 2.28. The van der Waals surface area contributed by atoms with Crippen LogP contribution in [-0.4, -0.2) is 66.2 Å². The number of carboxylic acids is 1. The summed E-state index contributed by atoms with van der Waals surface area (Å²) in [5.41, 5.74) is 0. The first kappa shape index (κ1) is 13.8. The number of nitrogens with zero attached hydrogens (tertiary/aromatic N) is 2. The molecule has 98 valence electrons. The Labute approximate surface area is 102 Å². The van der Waals surface area contributed by atoms with Gasteiger partial charge in [0.2, 0.25) is 0 Å². The van der Waals surface area contributed by atoms with Gasteiger partial charge in [-0.15, -0.1) is 0 Å². The van der Waals surface area contributed by atoms with E-state index in [4.69, 9.17) is 5.11 Å². The molecule has 0 saturated carbocycles. The highest BCUT2D eigenvalue weighted by Gasteiger charge is 2.26. The highest BCUT2D eigenvalue weighted by atomic mass is 16.4. The largest absolute Gasteiger partial charge is 0.480 e. The molecule has 0 aliphatic carbocycles. The van der Waals surface area contributed by atoms with Crippen molar-refractivity contribution in [3.63, 3.8) is 0 Å². The molecule has 17 heavy (non-hydrogen) atoms. The molecular weight excluding hydrogens is 222 g/mol. The number of hydrogen-bond acceptors (Lipinski definition) is 3. The molecule has 0 spiro atoms. The smallest absolute Gasteiger partial charge is 0.325 e. The summed E-state index contributed by atoms with van der Waals surface area (Å²) in [7, 11) is 3.98. The summed E-state index contributed by atoms with van der Waals surface area (Å²) < 4.78 is 0. The van der Waals surface area contributed by atoms with Crippen molar-refractivity contribution >= 4 is 12.0 Å². The lowest BCUT2D eigenvalue weighted by molar-refractivity contribution is -0.138. The van der Waals surface area contributed by atoms with Crippen LogP contribution in [0.5, 0.6) is 0 Å². The second-order valence-corrected chi connectivity index (χ2v) is 4.72. The Hall–Kier alpha value is -1.30. The number of likely N-dealkylation sites (N-methyl/N-ethyl adjacent to an activating group) is 1. The Bertz CT molecular complexity index is 294. The molecular formula is C11H21N3O3. The minimum atomic E-state index is -1.01. The third-order valence-corrected chi connectivity index (χ3v) is 3.12. The lowest BCUT2D eigenvalue weighted by Crippen LogP contribution is -2.53. The van der Waals surface area contributed by atoms with Crippen molar-refractivity contribution in [2.75, 3.05) is 27.2 Å². The lowest BCUT2D eigenvalue weighted by atomic mass is 10.1. The van der Waals surface area contributed by atoms with Crippen molar-refractivity contribution in [1.82, 2.24) is 15.1 Å². The van der Waals surface area contributed by atoms with Gasteiger partial charge >= 0.3 is 12.0 Å². The van der Waals surface area contributed by atoms with E-state index in [9.17, 15) is 9.59 Å². The zero-order valence-corrected chi connectivity index (χ0v) is 10.6. The number of rotatable bonds is 3. The molecule has 0 aromatic heterocycles. The molecule has 1 aliphatic rings. The lowest BCUT2D eigenvalue weighted by Gasteiger charge is -2.36. The third-order valence-electron chi connectivity index (χ3n) is 3.12. The SMILES string of the molecule is CC(NC(=O)N1CCCC(N(C)C)C1)C(=O)O.